The average molecular weight is 628 g/mol. The number of pyridine rings is 2. The minimum atomic E-state index is -0.756. The van der Waals surface area contributed by atoms with E-state index < -0.39 is 29.0 Å². The van der Waals surface area contributed by atoms with Crippen LogP contribution in [0.4, 0.5) is 32.2 Å². The van der Waals surface area contributed by atoms with Gasteiger partial charge in [0, 0.05) is 11.4 Å². The molecule has 0 unspecified atom stereocenters. The summed E-state index contributed by atoms with van der Waals surface area (Å²) in [6.07, 6.45) is 4.27. The number of hydrogen-bond donors (Lipinski definition) is 5. The fourth-order valence-corrected chi connectivity index (χ4v) is 5.64. The number of nitrogens with two attached hydrogens (primary N) is 1. The molecular weight excluding hydrogens is 585 g/mol. The summed E-state index contributed by atoms with van der Waals surface area (Å²) in [7, 11) is 0. The van der Waals surface area contributed by atoms with E-state index in [1.165, 1.54) is 6.07 Å². The van der Waals surface area contributed by atoms with Gasteiger partial charge in [-0.1, -0.05) is 55.3 Å². The first-order chi connectivity index (χ1) is 21.8. The lowest BCUT2D eigenvalue weighted by molar-refractivity contribution is 0.0488. The second kappa shape index (κ2) is 13.2. The monoisotopic (exact) mass is 627 g/mol. The fraction of sp³-hybridized carbons (Fsp3) is 0.371. The average Bonchev–Trinajstić information content (AvgIpc) is 2.99. The van der Waals surface area contributed by atoms with Crippen LogP contribution in [0.25, 0.3) is 10.9 Å². The lowest BCUT2D eigenvalue weighted by Crippen LogP contribution is -2.50. The molecule has 1 aliphatic rings. The van der Waals surface area contributed by atoms with E-state index in [2.05, 4.69) is 31.2 Å². The van der Waals surface area contributed by atoms with Crippen molar-refractivity contribution < 1.29 is 18.7 Å². The molecule has 10 nitrogen and oxygen atoms in total. The number of fused-ring (bicyclic) bond motifs is 1. The number of carbonyl (C=O) groups excluding carboxylic acids is 2. The number of carbonyl (C=O) groups is 2. The minimum Gasteiger partial charge on any atom is -0.444 e. The summed E-state index contributed by atoms with van der Waals surface area (Å²) in [6, 6.07) is 17.4. The zero-order chi connectivity index (χ0) is 33.1. The lowest BCUT2D eigenvalue weighted by atomic mass is 9.90. The van der Waals surface area contributed by atoms with Gasteiger partial charge in [0.25, 0.3) is 5.91 Å². The number of nitrogens with one attached hydrogen (secondary N) is 4. The van der Waals surface area contributed by atoms with E-state index in [1.807, 2.05) is 62.4 Å². The van der Waals surface area contributed by atoms with Crippen molar-refractivity contribution in [3.63, 3.8) is 0 Å². The number of benzene rings is 2. The van der Waals surface area contributed by atoms with Gasteiger partial charge in [0.15, 0.2) is 11.6 Å². The van der Waals surface area contributed by atoms with Crippen molar-refractivity contribution in [1.82, 2.24) is 20.6 Å². The van der Waals surface area contributed by atoms with Gasteiger partial charge >= 0.3 is 6.09 Å². The SMILES string of the molecule is CC(C)(C)OC(=O)N[C@@H]1CCCC[C@@H]1Nc1nc(Nc2cnc3c(N)cccc3c2)c(C(=O)NC(C)(C)c2ccccc2)cc1F. The van der Waals surface area contributed by atoms with E-state index in [9.17, 15) is 9.59 Å². The second-order valence-electron chi connectivity index (χ2n) is 13.2. The van der Waals surface area contributed by atoms with Crippen molar-refractivity contribution in [2.75, 3.05) is 16.4 Å². The fourth-order valence-electron chi connectivity index (χ4n) is 5.64. The van der Waals surface area contributed by atoms with E-state index in [0.717, 1.165) is 23.8 Å². The Kier molecular flexibility index (Phi) is 9.32. The molecule has 0 spiro atoms. The summed E-state index contributed by atoms with van der Waals surface area (Å²) >= 11 is 0. The number of halogens is 1. The third-order valence-corrected chi connectivity index (χ3v) is 7.94. The first-order valence-electron chi connectivity index (χ1n) is 15.5. The maximum Gasteiger partial charge on any atom is 0.407 e. The number of rotatable bonds is 8. The van der Waals surface area contributed by atoms with E-state index in [4.69, 9.17) is 10.5 Å². The van der Waals surface area contributed by atoms with E-state index in [0.29, 0.717) is 29.7 Å². The highest BCUT2D eigenvalue weighted by Gasteiger charge is 2.31. The highest BCUT2D eigenvalue weighted by Crippen LogP contribution is 2.30. The summed E-state index contributed by atoms with van der Waals surface area (Å²) in [5.74, 6) is -1.10. The summed E-state index contributed by atoms with van der Waals surface area (Å²) in [6.45, 7) is 9.16. The Balaban J connectivity index is 1.47. The molecule has 6 N–H and O–H groups in total. The number of aromatic nitrogens is 2. The van der Waals surface area contributed by atoms with Crippen LogP contribution >= 0.6 is 0 Å². The molecule has 2 atom stereocenters. The van der Waals surface area contributed by atoms with Crippen molar-refractivity contribution in [3.8, 4) is 0 Å². The molecule has 2 aromatic carbocycles. The summed E-state index contributed by atoms with van der Waals surface area (Å²) in [5.41, 5.74) is 7.33. The number of nitrogens with zero attached hydrogens (tertiary/aromatic N) is 2. The molecule has 2 amide bonds. The molecule has 11 heteroatoms. The normalized spacial score (nSPS) is 16.8. The number of anilines is 4. The number of amides is 2. The predicted octanol–water partition coefficient (Wildman–Crippen LogP) is 7.01. The molecule has 4 aromatic rings. The van der Waals surface area contributed by atoms with Crippen LogP contribution in [0.5, 0.6) is 0 Å². The molecule has 5 rings (SSSR count). The van der Waals surface area contributed by atoms with Gasteiger partial charge in [-0.2, -0.15) is 0 Å². The van der Waals surface area contributed by atoms with Gasteiger partial charge < -0.3 is 31.7 Å². The van der Waals surface area contributed by atoms with Gasteiger partial charge in [0.2, 0.25) is 0 Å². The van der Waals surface area contributed by atoms with Crippen LogP contribution in [0.1, 0.15) is 76.2 Å². The number of nitrogen functional groups attached to an aromatic ring is 1. The maximum absolute atomic E-state index is 15.8. The van der Waals surface area contributed by atoms with Crippen LogP contribution in [0.3, 0.4) is 0 Å². The largest absolute Gasteiger partial charge is 0.444 e. The van der Waals surface area contributed by atoms with E-state index >= 15 is 4.39 Å². The molecular formula is C35H42FN7O3. The van der Waals surface area contributed by atoms with Crippen molar-refractivity contribution in [1.29, 1.82) is 0 Å². The Bertz CT molecular complexity index is 1720. The molecule has 242 valence electrons. The van der Waals surface area contributed by atoms with Crippen molar-refractivity contribution in [3.05, 3.63) is 83.8 Å². The van der Waals surface area contributed by atoms with Crippen molar-refractivity contribution in [2.45, 2.75) is 83.5 Å². The molecule has 1 aliphatic carbocycles. The van der Waals surface area contributed by atoms with E-state index in [-0.39, 0.29) is 29.3 Å². The molecule has 0 saturated heterocycles. The molecule has 1 fully saturated rings. The third kappa shape index (κ3) is 7.82. The van der Waals surface area contributed by atoms with E-state index in [1.54, 1.807) is 33.0 Å². The maximum atomic E-state index is 15.8. The van der Waals surface area contributed by atoms with Crippen molar-refractivity contribution in [2.24, 2.45) is 0 Å². The van der Waals surface area contributed by atoms with Gasteiger partial charge in [-0.25, -0.2) is 14.2 Å². The van der Waals surface area contributed by atoms with Gasteiger partial charge in [-0.15, -0.1) is 0 Å². The number of para-hydroxylation sites is 1. The Morgan fingerprint density at radius 1 is 0.935 bits per heavy atom. The smallest absolute Gasteiger partial charge is 0.407 e. The van der Waals surface area contributed by atoms with Crippen LogP contribution in [0.2, 0.25) is 0 Å². The molecule has 1 saturated carbocycles. The quantitative estimate of drug-likeness (QED) is 0.131. The first kappa shape index (κ1) is 32.5. The van der Waals surface area contributed by atoms with Crippen LogP contribution in [-0.2, 0) is 10.3 Å². The highest BCUT2D eigenvalue weighted by atomic mass is 19.1. The van der Waals surface area contributed by atoms with Crippen LogP contribution in [0, 0.1) is 5.82 Å². The van der Waals surface area contributed by atoms with Crippen LogP contribution < -0.4 is 27.0 Å². The molecule has 2 heterocycles. The molecule has 2 aromatic heterocycles. The number of alkyl carbamates (subject to hydrolysis) is 1. The summed E-state index contributed by atoms with van der Waals surface area (Å²) < 4.78 is 21.3. The molecule has 46 heavy (non-hydrogen) atoms. The number of hydrogen-bond acceptors (Lipinski definition) is 8. The molecule has 0 aliphatic heterocycles. The Labute approximate surface area is 268 Å². The lowest BCUT2D eigenvalue weighted by Gasteiger charge is -2.34. The zero-order valence-electron chi connectivity index (χ0n) is 26.9. The van der Waals surface area contributed by atoms with Crippen LogP contribution in [0.15, 0.2) is 66.9 Å². The number of ether oxygens (including phenoxy) is 1. The Hall–Kier alpha value is -4.93. The summed E-state index contributed by atoms with van der Waals surface area (Å²) in [5, 5.41) is 13.2. The third-order valence-electron chi connectivity index (χ3n) is 7.94. The van der Waals surface area contributed by atoms with Crippen molar-refractivity contribution >= 4 is 45.9 Å². The Morgan fingerprint density at radius 2 is 1.65 bits per heavy atom. The first-order valence-corrected chi connectivity index (χ1v) is 15.5. The van der Waals surface area contributed by atoms with Gasteiger partial charge in [0.05, 0.1) is 40.2 Å². The second-order valence-corrected chi connectivity index (χ2v) is 13.2. The van der Waals surface area contributed by atoms with Gasteiger partial charge in [0.1, 0.15) is 11.4 Å². The highest BCUT2D eigenvalue weighted by molar-refractivity contribution is 6.00. The Morgan fingerprint density at radius 3 is 2.37 bits per heavy atom. The summed E-state index contributed by atoms with van der Waals surface area (Å²) in [4.78, 5) is 35.4. The zero-order valence-corrected chi connectivity index (χ0v) is 26.9. The molecule has 0 radical (unpaired) electrons. The topological polar surface area (TPSA) is 143 Å². The molecule has 0 bridgehead atoms. The standard InChI is InChI=1S/C35H42FN7O3/c1-34(2,3)46-33(45)41-28-17-10-9-16-27(28)40-31-25(36)19-24(32(44)43-35(4,5)22-13-7-6-8-14-22)30(42-31)39-23-18-21-12-11-15-26(37)29(21)38-20-23/h6-8,11-15,18-20,27-28H,9-10,16-17,37H2,1-5H3,(H,41,45)(H,43,44)(H2,39,40,42)/t27-,28+/m0/s1. The predicted molar refractivity (Wildman–Crippen MR) is 180 cm³/mol. The van der Waals surface area contributed by atoms with Gasteiger partial charge in [-0.3, -0.25) is 9.78 Å². The minimum absolute atomic E-state index is 0.0202. The van der Waals surface area contributed by atoms with Gasteiger partial charge in [-0.05, 0) is 71.2 Å². The van der Waals surface area contributed by atoms with Crippen LogP contribution in [-0.4, -0.2) is 39.7 Å².